The number of aryl methyl sites for hydroxylation is 1. The SMILES string of the molecule is Cc1ccnn1Cc1ccccc1CCNC(C)C. The van der Waals surface area contributed by atoms with Crippen LogP contribution in [-0.4, -0.2) is 22.4 Å². The number of nitrogens with zero attached hydrogens (tertiary/aromatic N) is 2. The average Bonchev–Trinajstić information content (AvgIpc) is 2.77. The quantitative estimate of drug-likeness (QED) is 0.862. The first-order chi connectivity index (χ1) is 9.16. The summed E-state index contributed by atoms with van der Waals surface area (Å²) in [5, 5.41) is 7.83. The molecule has 0 amide bonds. The minimum Gasteiger partial charge on any atom is -0.314 e. The summed E-state index contributed by atoms with van der Waals surface area (Å²) in [5.74, 6) is 0. The monoisotopic (exact) mass is 257 g/mol. The standard InChI is InChI=1S/C16H23N3/c1-13(2)17-10-9-15-6-4-5-7-16(15)12-19-14(3)8-11-18-19/h4-8,11,13,17H,9-10,12H2,1-3H3. The molecule has 3 nitrogen and oxygen atoms in total. The molecule has 1 aromatic heterocycles. The van der Waals surface area contributed by atoms with E-state index >= 15 is 0 Å². The van der Waals surface area contributed by atoms with Crippen LogP contribution < -0.4 is 5.32 Å². The van der Waals surface area contributed by atoms with E-state index in [9.17, 15) is 0 Å². The van der Waals surface area contributed by atoms with Gasteiger partial charge in [0.1, 0.15) is 0 Å². The van der Waals surface area contributed by atoms with Crippen LogP contribution in [0.2, 0.25) is 0 Å². The van der Waals surface area contributed by atoms with Gasteiger partial charge in [0, 0.05) is 17.9 Å². The van der Waals surface area contributed by atoms with E-state index in [0.29, 0.717) is 6.04 Å². The van der Waals surface area contributed by atoms with Gasteiger partial charge in [0.15, 0.2) is 0 Å². The Balaban J connectivity index is 2.06. The molecule has 0 aliphatic rings. The van der Waals surface area contributed by atoms with Crippen molar-refractivity contribution >= 4 is 0 Å². The van der Waals surface area contributed by atoms with E-state index in [1.165, 1.54) is 16.8 Å². The summed E-state index contributed by atoms with van der Waals surface area (Å²) in [6, 6.07) is 11.2. The van der Waals surface area contributed by atoms with E-state index in [0.717, 1.165) is 19.5 Å². The van der Waals surface area contributed by atoms with Crippen LogP contribution >= 0.6 is 0 Å². The highest BCUT2D eigenvalue weighted by molar-refractivity contribution is 5.28. The Bertz CT molecular complexity index is 514. The highest BCUT2D eigenvalue weighted by atomic mass is 15.3. The van der Waals surface area contributed by atoms with E-state index in [1.54, 1.807) is 0 Å². The lowest BCUT2D eigenvalue weighted by Crippen LogP contribution is -2.25. The predicted molar refractivity (Wildman–Crippen MR) is 79.4 cm³/mol. The van der Waals surface area contributed by atoms with Gasteiger partial charge >= 0.3 is 0 Å². The predicted octanol–water partition coefficient (Wildman–Crippen LogP) is 2.78. The molecule has 0 saturated heterocycles. The maximum atomic E-state index is 4.36. The Morgan fingerprint density at radius 3 is 2.53 bits per heavy atom. The molecule has 0 spiro atoms. The first-order valence-electron chi connectivity index (χ1n) is 6.95. The second-order valence-electron chi connectivity index (χ2n) is 5.26. The first kappa shape index (κ1) is 13.8. The van der Waals surface area contributed by atoms with Crippen molar-refractivity contribution in [2.45, 2.75) is 39.8 Å². The second kappa shape index (κ2) is 6.53. The molecule has 0 saturated carbocycles. The van der Waals surface area contributed by atoms with Gasteiger partial charge in [-0.1, -0.05) is 38.1 Å². The van der Waals surface area contributed by atoms with Crippen LogP contribution in [0, 0.1) is 6.92 Å². The summed E-state index contributed by atoms with van der Waals surface area (Å²) in [7, 11) is 0. The van der Waals surface area contributed by atoms with Gasteiger partial charge in [0.2, 0.25) is 0 Å². The molecule has 0 fully saturated rings. The van der Waals surface area contributed by atoms with Gasteiger partial charge in [0.05, 0.1) is 6.54 Å². The number of nitrogens with one attached hydrogen (secondary N) is 1. The zero-order valence-corrected chi connectivity index (χ0v) is 12.1. The molecule has 0 bridgehead atoms. The molecule has 102 valence electrons. The minimum absolute atomic E-state index is 0.542. The molecule has 2 aromatic rings. The van der Waals surface area contributed by atoms with Crippen LogP contribution in [-0.2, 0) is 13.0 Å². The molecule has 1 N–H and O–H groups in total. The van der Waals surface area contributed by atoms with E-state index in [2.05, 4.69) is 60.1 Å². The highest BCUT2D eigenvalue weighted by Crippen LogP contribution is 2.12. The molecule has 1 aromatic carbocycles. The van der Waals surface area contributed by atoms with Gasteiger partial charge in [-0.15, -0.1) is 0 Å². The van der Waals surface area contributed by atoms with Crippen molar-refractivity contribution in [2.75, 3.05) is 6.54 Å². The van der Waals surface area contributed by atoms with Crippen molar-refractivity contribution in [3.8, 4) is 0 Å². The normalized spacial score (nSPS) is 11.2. The van der Waals surface area contributed by atoms with Crippen LogP contribution in [0.15, 0.2) is 36.5 Å². The van der Waals surface area contributed by atoms with Crippen molar-refractivity contribution in [3.63, 3.8) is 0 Å². The Morgan fingerprint density at radius 2 is 1.89 bits per heavy atom. The van der Waals surface area contributed by atoms with Crippen molar-refractivity contribution < 1.29 is 0 Å². The van der Waals surface area contributed by atoms with Crippen LogP contribution in [0.3, 0.4) is 0 Å². The van der Waals surface area contributed by atoms with E-state index in [-0.39, 0.29) is 0 Å². The van der Waals surface area contributed by atoms with Gasteiger partial charge in [-0.05, 0) is 37.1 Å². The van der Waals surface area contributed by atoms with Gasteiger partial charge in [-0.25, -0.2) is 0 Å². The number of hydrogen-bond donors (Lipinski definition) is 1. The number of benzene rings is 1. The first-order valence-corrected chi connectivity index (χ1v) is 6.95. The summed E-state index contributed by atoms with van der Waals surface area (Å²) in [6.07, 6.45) is 2.92. The third-order valence-corrected chi connectivity index (χ3v) is 3.31. The van der Waals surface area contributed by atoms with Crippen molar-refractivity contribution in [1.82, 2.24) is 15.1 Å². The lowest BCUT2D eigenvalue weighted by atomic mass is 10.0. The van der Waals surface area contributed by atoms with Crippen molar-refractivity contribution in [3.05, 3.63) is 53.3 Å². The summed E-state index contributed by atoms with van der Waals surface area (Å²) in [6.45, 7) is 8.33. The minimum atomic E-state index is 0.542. The molecule has 2 rings (SSSR count). The summed E-state index contributed by atoms with van der Waals surface area (Å²) >= 11 is 0. The third kappa shape index (κ3) is 3.93. The second-order valence-corrected chi connectivity index (χ2v) is 5.26. The average molecular weight is 257 g/mol. The molecule has 0 atom stereocenters. The molecule has 3 heteroatoms. The van der Waals surface area contributed by atoms with Gasteiger partial charge < -0.3 is 5.32 Å². The largest absolute Gasteiger partial charge is 0.314 e. The highest BCUT2D eigenvalue weighted by Gasteiger charge is 2.05. The fourth-order valence-electron chi connectivity index (χ4n) is 2.18. The Kier molecular flexibility index (Phi) is 4.74. The van der Waals surface area contributed by atoms with Gasteiger partial charge in [-0.3, -0.25) is 4.68 Å². The molecule has 0 aliphatic carbocycles. The molecule has 1 heterocycles. The van der Waals surface area contributed by atoms with Crippen molar-refractivity contribution in [2.24, 2.45) is 0 Å². The maximum absolute atomic E-state index is 4.36. The fourth-order valence-corrected chi connectivity index (χ4v) is 2.18. The van der Waals surface area contributed by atoms with Crippen LogP contribution in [0.4, 0.5) is 0 Å². The molecule has 19 heavy (non-hydrogen) atoms. The lowest BCUT2D eigenvalue weighted by molar-refractivity contribution is 0.586. The Labute approximate surface area is 115 Å². The van der Waals surface area contributed by atoms with Crippen LogP contribution in [0.1, 0.15) is 30.7 Å². The molecular formula is C16H23N3. The fraction of sp³-hybridized carbons (Fsp3) is 0.438. The van der Waals surface area contributed by atoms with E-state index < -0.39 is 0 Å². The van der Waals surface area contributed by atoms with Gasteiger partial charge in [0.25, 0.3) is 0 Å². The molecule has 0 radical (unpaired) electrons. The zero-order valence-electron chi connectivity index (χ0n) is 12.1. The third-order valence-electron chi connectivity index (χ3n) is 3.31. The van der Waals surface area contributed by atoms with E-state index in [1.807, 2.05) is 12.3 Å². The van der Waals surface area contributed by atoms with Gasteiger partial charge in [-0.2, -0.15) is 5.10 Å². The lowest BCUT2D eigenvalue weighted by Gasteiger charge is -2.12. The van der Waals surface area contributed by atoms with E-state index in [4.69, 9.17) is 0 Å². The number of aromatic nitrogens is 2. The number of hydrogen-bond acceptors (Lipinski definition) is 2. The summed E-state index contributed by atoms with van der Waals surface area (Å²) < 4.78 is 2.05. The molecule has 0 unspecified atom stereocenters. The topological polar surface area (TPSA) is 29.9 Å². The summed E-state index contributed by atoms with van der Waals surface area (Å²) in [4.78, 5) is 0. The molecular weight excluding hydrogens is 234 g/mol. The Morgan fingerprint density at radius 1 is 1.16 bits per heavy atom. The van der Waals surface area contributed by atoms with Crippen molar-refractivity contribution in [1.29, 1.82) is 0 Å². The smallest absolute Gasteiger partial charge is 0.0665 e. The molecule has 0 aliphatic heterocycles. The summed E-state index contributed by atoms with van der Waals surface area (Å²) in [5.41, 5.74) is 3.97. The van der Waals surface area contributed by atoms with Crippen LogP contribution in [0.25, 0.3) is 0 Å². The number of rotatable bonds is 6. The Hall–Kier alpha value is -1.61. The van der Waals surface area contributed by atoms with Crippen LogP contribution in [0.5, 0.6) is 0 Å². The zero-order chi connectivity index (χ0) is 13.7. The maximum Gasteiger partial charge on any atom is 0.0665 e.